The van der Waals surface area contributed by atoms with Crippen LogP contribution in [0, 0.1) is 5.82 Å². The Balaban J connectivity index is 2.08. The fourth-order valence-corrected chi connectivity index (χ4v) is 4.67. The average molecular weight is 306 g/mol. The lowest BCUT2D eigenvalue weighted by atomic mass is 10.2. The van der Waals surface area contributed by atoms with E-state index >= 15 is 0 Å². The van der Waals surface area contributed by atoms with Gasteiger partial charge in [-0.3, -0.25) is 0 Å². The van der Waals surface area contributed by atoms with Crippen molar-refractivity contribution in [1.29, 1.82) is 0 Å². The zero-order chi connectivity index (χ0) is 15.4. The van der Waals surface area contributed by atoms with Crippen molar-refractivity contribution in [3.8, 4) is 0 Å². The van der Waals surface area contributed by atoms with Gasteiger partial charge < -0.3 is 0 Å². The molecule has 0 aromatic heterocycles. The van der Waals surface area contributed by atoms with Crippen molar-refractivity contribution in [3.63, 3.8) is 0 Å². The van der Waals surface area contributed by atoms with E-state index in [-0.39, 0.29) is 5.82 Å². The second kappa shape index (κ2) is 6.68. The molecule has 0 atom stereocenters. The molecule has 2 heteroatoms. The molecule has 3 aromatic carbocycles. The molecule has 0 amide bonds. The number of rotatable bonds is 4. The van der Waals surface area contributed by atoms with Gasteiger partial charge in [-0.1, -0.05) is 79.4 Å². The molecule has 0 bridgehead atoms. The minimum absolute atomic E-state index is 0.227. The van der Waals surface area contributed by atoms with Crippen LogP contribution in [-0.2, 0) is 0 Å². The maximum absolute atomic E-state index is 13.6. The molecule has 0 aliphatic heterocycles. The Hall–Kier alpha value is -2.24. The van der Waals surface area contributed by atoms with Crippen LogP contribution in [0.3, 0.4) is 0 Å². The summed E-state index contributed by atoms with van der Waals surface area (Å²) in [5.41, 5.74) is 0.860. The van der Waals surface area contributed by atoms with E-state index in [1.54, 1.807) is 12.1 Å². The lowest BCUT2D eigenvalue weighted by molar-refractivity contribution is 0.627. The molecule has 0 saturated carbocycles. The Bertz CT molecular complexity index is 726. The van der Waals surface area contributed by atoms with Gasteiger partial charge in [0.2, 0.25) is 0 Å². The number of halogens is 1. The summed E-state index contributed by atoms with van der Waals surface area (Å²) >= 11 is 0. The quantitative estimate of drug-likeness (QED) is 0.600. The SMILES string of the molecule is C=C(c1cccc(F)c1)P(c1ccccc1)c1ccccc1. The fourth-order valence-electron chi connectivity index (χ4n) is 2.41. The van der Waals surface area contributed by atoms with E-state index in [0.29, 0.717) is 0 Å². The van der Waals surface area contributed by atoms with Gasteiger partial charge in [0.05, 0.1) is 0 Å². The van der Waals surface area contributed by atoms with E-state index in [4.69, 9.17) is 0 Å². The standard InChI is InChI=1S/C20H16FP/c1-16(17-9-8-10-18(21)15-17)22(19-11-4-2-5-12-19)20-13-6-3-7-14-20/h2-15H,1H2. The molecule has 0 radical (unpaired) electrons. The third kappa shape index (κ3) is 3.16. The monoisotopic (exact) mass is 306 g/mol. The van der Waals surface area contributed by atoms with Crippen LogP contribution in [0.1, 0.15) is 5.56 Å². The van der Waals surface area contributed by atoms with E-state index in [1.165, 1.54) is 16.7 Å². The van der Waals surface area contributed by atoms with Crippen LogP contribution in [0.4, 0.5) is 4.39 Å². The Morgan fingerprint density at radius 2 is 1.27 bits per heavy atom. The Morgan fingerprint density at radius 3 is 1.77 bits per heavy atom. The lowest BCUT2D eigenvalue weighted by Crippen LogP contribution is -2.12. The highest BCUT2D eigenvalue weighted by atomic mass is 31.1. The molecule has 0 saturated heterocycles. The summed E-state index contributed by atoms with van der Waals surface area (Å²) < 4.78 is 13.6. The highest BCUT2D eigenvalue weighted by molar-refractivity contribution is 7.82. The molecule has 0 spiro atoms. The molecule has 22 heavy (non-hydrogen) atoms. The molecule has 108 valence electrons. The van der Waals surface area contributed by atoms with Gasteiger partial charge in [-0.05, 0) is 41.5 Å². The maximum atomic E-state index is 13.6. The van der Waals surface area contributed by atoms with Crippen LogP contribution in [0.5, 0.6) is 0 Å². The third-order valence-corrected chi connectivity index (χ3v) is 5.88. The second-order valence-corrected chi connectivity index (χ2v) is 7.21. The maximum Gasteiger partial charge on any atom is 0.123 e. The first-order valence-corrected chi connectivity index (χ1v) is 8.45. The highest BCUT2D eigenvalue weighted by Gasteiger charge is 2.18. The van der Waals surface area contributed by atoms with Crippen molar-refractivity contribution in [3.05, 3.63) is 103 Å². The van der Waals surface area contributed by atoms with Crippen LogP contribution in [0.25, 0.3) is 5.31 Å². The van der Waals surface area contributed by atoms with Crippen molar-refractivity contribution >= 4 is 23.8 Å². The minimum atomic E-state index is -0.762. The van der Waals surface area contributed by atoms with Crippen molar-refractivity contribution in [2.24, 2.45) is 0 Å². The van der Waals surface area contributed by atoms with Crippen LogP contribution in [-0.4, -0.2) is 0 Å². The Morgan fingerprint density at radius 1 is 0.727 bits per heavy atom. The van der Waals surface area contributed by atoms with Crippen LogP contribution < -0.4 is 10.6 Å². The summed E-state index contributed by atoms with van der Waals surface area (Å²) in [6, 6.07) is 27.3. The molecule has 0 N–H and O–H groups in total. The van der Waals surface area contributed by atoms with Crippen LogP contribution >= 0.6 is 7.92 Å². The average Bonchev–Trinajstić information content (AvgIpc) is 2.57. The van der Waals surface area contributed by atoms with Crippen molar-refractivity contribution in [2.75, 3.05) is 0 Å². The second-order valence-electron chi connectivity index (χ2n) is 4.96. The minimum Gasteiger partial charge on any atom is -0.207 e. The van der Waals surface area contributed by atoms with Gasteiger partial charge in [0.15, 0.2) is 0 Å². The van der Waals surface area contributed by atoms with E-state index in [0.717, 1.165) is 10.9 Å². The predicted octanol–water partition coefficient (Wildman–Crippen LogP) is 4.93. The van der Waals surface area contributed by atoms with E-state index in [9.17, 15) is 4.39 Å². The third-order valence-electron chi connectivity index (χ3n) is 3.46. The summed E-state index contributed by atoms with van der Waals surface area (Å²) in [7, 11) is -0.762. The Labute approximate surface area is 131 Å². The van der Waals surface area contributed by atoms with Crippen molar-refractivity contribution in [1.82, 2.24) is 0 Å². The molecule has 0 aliphatic rings. The van der Waals surface area contributed by atoms with Gasteiger partial charge in [-0.25, -0.2) is 4.39 Å². The van der Waals surface area contributed by atoms with Gasteiger partial charge in [-0.15, -0.1) is 0 Å². The molecule has 0 heterocycles. The lowest BCUT2D eigenvalue weighted by Gasteiger charge is -2.21. The normalized spacial score (nSPS) is 10.6. The first kappa shape index (κ1) is 14.7. The van der Waals surface area contributed by atoms with Gasteiger partial charge in [0, 0.05) is 0 Å². The predicted molar refractivity (Wildman–Crippen MR) is 94.5 cm³/mol. The van der Waals surface area contributed by atoms with Gasteiger partial charge in [0.25, 0.3) is 0 Å². The van der Waals surface area contributed by atoms with Gasteiger partial charge >= 0.3 is 0 Å². The summed E-state index contributed by atoms with van der Waals surface area (Å²) in [5.74, 6) is -0.227. The summed E-state index contributed by atoms with van der Waals surface area (Å²) in [5, 5.41) is 3.41. The largest absolute Gasteiger partial charge is 0.207 e. The molecule has 0 fully saturated rings. The van der Waals surface area contributed by atoms with Crippen molar-refractivity contribution < 1.29 is 4.39 Å². The first-order chi connectivity index (χ1) is 10.8. The van der Waals surface area contributed by atoms with Crippen LogP contribution in [0.2, 0.25) is 0 Å². The van der Waals surface area contributed by atoms with Crippen molar-refractivity contribution in [2.45, 2.75) is 0 Å². The molecule has 0 aliphatic carbocycles. The first-order valence-electron chi connectivity index (χ1n) is 7.11. The summed E-state index contributed by atoms with van der Waals surface area (Å²) in [4.78, 5) is 0. The summed E-state index contributed by atoms with van der Waals surface area (Å²) in [6.45, 7) is 4.28. The molecule has 3 aromatic rings. The molecular formula is C20H16FP. The fraction of sp³-hybridized carbons (Fsp3) is 0. The smallest absolute Gasteiger partial charge is 0.123 e. The summed E-state index contributed by atoms with van der Waals surface area (Å²) in [6.07, 6.45) is 0. The zero-order valence-corrected chi connectivity index (χ0v) is 13.0. The zero-order valence-electron chi connectivity index (χ0n) is 12.1. The highest BCUT2D eigenvalue weighted by Crippen LogP contribution is 2.47. The van der Waals surface area contributed by atoms with E-state index in [1.807, 2.05) is 42.5 Å². The molecule has 0 nitrogen and oxygen atoms in total. The van der Waals surface area contributed by atoms with E-state index < -0.39 is 7.92 Å². The van der Waals surface area contributed by atoms with Gasteiger partial charge in [-0.2, -0.15) is 0 Å². The number of benzene rings is 3. The molecule has 3 rings (SSSR count). The molecular weight excluding hydrogens is 290 g/mol. The Kier molecular flexibility index (Phi) is 4.46. The number of hydrogen-bond donors (Lipinski definition) is 0. The topological polar surface area (TPSA) is 0 Å². The molecule has 0 unspecified atom stereocenters. The van der Waals surface area contributed by atoms with Crippen LogP contribution in [0.15, 0.2) is 91.5 Å². The van der Waals surface area contributed by atoms with Gasteiger partial charge in [0.1, 0.15) is 5.82 Å². The van der Waals surface area contributed by atoms with E-state index in [2.05, 4.69) is 30.8 Å². The number of hydrogen-bond acceptors (Lipinski definition) is 0.